The van der Waals surface area contributed by atoms with Crippen molar-refractivity contribution in [2.45, 2.75) is 13.3 Å². The average molecular weight is 305 g/mol. The molecule has 7 heteroatoms. The lowest BCUT2D eigenvalue weighted by Gasteiger charge is -2.11. The van der Waals surface area contributed by atoms with Gasteiger partial charge in [-0.1, -0.05) is 6.07 Å². The number of carboxylic acid groups (broad SMARTS) is 1. The van der Waals surface area contributed by atoms with Gasteiger partial charge in [-0.15, -0.1) is 11.3 Å². The molecule has 0 atom stereocenters. The van der Waals surface area contributed by atoms with Gasteiger partial charge in [0.25, 0.3) is 0 Å². The van der Waals surface area contributed by atoms with E-state index in [1.807, 2.05) is 5.38 Å². The number of nitrogens with one attached hydrogen (secondary N) is 2. The molecule has 2 rings (SSSR count). The van der Waals surface area contributed by atoms with Gasteiger partial charge < -0.3 is 15.7 Å². The lowest BCUT2D eigenvalue weighted by molar-refractivity contribution is 0.0696. The Morgan fingerprint density at radius 1 is 1.38 bits per heavy atom. The maximum Gasteiger partial charge on any atom is 0.336 e. The first-order chi connectivity index (χ1) is 10.1. The lowest BCUT2D eigenvalue weighted by Crippen LogP contribution is -2.30. The van der Waals surface area contributed by atoms with Crippen molar-refractivity contribution < 1.29 is 14.7 Å². The molecule has 0 spiro atoms. The summed E-state index contributed by atoms with van der Waals surface area (Å²) in [5.41, 5.74) is 3.87. The van der Waals surface area contributed by atoms with Gasteiger partial charge in [-0.25, -0.2) is 14.6 Å². The van der Waals surface area contributed by atoms with Gasteiger partial charge in [0.2, 0.25) is 0 Å². The van der Waals surface area contributed by atoms with E-state index in [1.54, 1.807) is 24.6 Å². The molecule has 3 N–H and O–H groups in total. The van der Waals surface area contributed by atoms with E-state index in [1.165, 1.54) is 17.4 Å². The molecule has 0 aliphatic rings. The summed E-state index contributed by atoms with van der Waals surface area (Å²) in [7, 11) is 0. The SMILES string of the molecule is Cc1c(NC(=O)NCCc2cscn2)cccc1C(=O)O. The number of hydrogen-bond donors (Lipinski definition) is 3. The fourth-order valence-electron chi connectivity index (χ4n) is 1.83. The second kappa shape index (κ2) is 6.85. The van der Waals surface area contributed by atoms with Crippen LogP contribution in [0.4, 0.5) is 10.5 Å². The smallest absolute Gasteiger partial charge is 0.336 e. The maximum absolute atomic E-state index is 11.8. The van der Waals surface area contributed by atoms with Crippen LogP contribution in [0.3, 0.4) is 0 Å². The summed E-state index contributed by atoms with van der Waals surface area (Å²) in [5, 5.41) is 16.3. The van der Waals surface area contributed by atoms with Crippen LogP contribution in [0.25, 0.3) is 0 Å². The first kappa shape index (κ1) is 15.0. The number of carbonyl (C=O) groups is 2. The first-order valence-corrected chi connectivity index (χ1v) is 7.27. The monoisotopic (exact) mass is 305 g/mol. The number of nitrogens with zero attached hydrogens (tertiary/aromatic N) is 1. The Balaban J connectivity index is 1.90. The number of aromatic carboxylic acids is 1. The normalized spacial score (nSPS) is 10.1. The summed E-state index contributed by atoms with van der Waals surface area (Å²) in [5.74, 6) is -1.01. The Kier molecular flexibility index (Phi) is 4.89. The van der Waals surface area contributed by atoms with Crippen molar-refractivity contribution in [1.29, 1.82) is 0 Å². The summed E-state index contributed by atoms with van der Waals surface area (Å²) < 4.78 is 0. The number of rotatable bonds is 5. The molecule has 0 radical (unpaired) electrons. The molecule has 0 aliphatic carbocycles. The molecule has 1 heterocycles. The van der Waals surface area contributed by atoms with Gasteiger partial charge in [0.15, 0.2) is 0 Å². The number of urea groups is 1. The zero-order valence-corrected chi connectivity index (χ0v) is 12.2. The number of carbonyl (C=O) groups excluding carboxylic acids is 1. The highest BCUT2D eigenvalue weighted by Gasteiger charge is 2.11. The van der Waals surface area contributed by atoms with E-state index in [-0.39, 0.29) is 11.6 Å². The standard InChI is InChI=1S/C14H15N3O3S/c1-9-11(13(18)19)3-2-4-12(9)17-14(20)15-6-5-10-7-21-8-16-10/h2-4,7-8H,5-6H2,1H3,(H,18,19)(H2,15,17,20). The topological polar surface area (TPSA) is 91.3 Å². The summed E-state index contributed by atoms with van der Waals surface area (Å²) in [6, 6.07) is 4.41. The third-order valence-corrected chi connectivity index (χ3v) is 3.60. The lowest BCUT2D eigenvalue weighted by atomic mass is 10.1. The minimum absolute atomic E-state index is 0.176. The second-order valence-corrected chi connectivity index (χ2v) is 5.11. The number of hydrogen-bond acceptors (Lipinski definition) is 4. The molecule has 1 aromatic heterocycles. The number of amides is 2. The molecule has 2 aromatic rings. The van der Waals surface area contributed by atoms with Crippen molar-refractivity contribution in [3.05, 3.63) is 45.9 Å². The van der Waals surface area contributed by atoms with Gasteiger partial charge in [-0.05, 0) is 24.6 Å². The zero-order valence-electron chi connectivity index (χ0n) is 11.4. The Morgan fingerprint density at radius 2 is 2.19 bits per heavy atom. The largest absolute Gasteiger partial charge is 0.478 e. The van der Waals surface area contributed by atoms with Crippen molar-refractivity contribution in [2.24, 2.45) is 0 Å². The van der Waals surface area contributed by atoms with Gasteiger partial charge >= 0.3 is 12.0 Å². The van der Waals surface area contributed by atoms with Crippen LogP contribution < -0.4 is 10.6 Å². The number of benzene rings is 1. The summed E-state index contributed by atoms with van der Waals surface area (Å²) in [6.45, 7) is 2.13. The molecule has 0 bridgehead atoms. The van der Waals surface area contributed by atoms with Crippen LogP contribution in [0.15, 0.2) is 29.1 Å². The van der Waals surface area contributed by atoms with E-state index in [0.29, 0.717) is 24.2 Å². The fraction of sp³-hybridized carbons (Fsp3) is 0.214. The van der Waals surface area contributed by atoms with Gasteiger partial charge in [0.1, 0.15) is 0 Å². The third kappa shape index (κ3) is 4.03. The molecule has 0 saturated heterocycles. The Labute approximate surface area is 125 Å². The van der Waals surface area contributed by atoms with Crippen LogP contribution in [-0.2, 0) is 6.42 Å². The van der Waals surface area contributed by atoms with Crippen LogP contribution in [0.5, 0.6) is 0 Å². The molecule has 21 heavy (non-hydrogen) atoms. The van der Waals surface area contributed by atoms with E-state index in [0.717, 1.165) is 5.69 Å². The van der Waals surface area contributed by atoms with E-state index in [4.69, 9.17) is 5.11 Å². The average Bonchev–Trinajstić information content (AvgIpc) is 2.94. The predicted octanol–water partition coefficient (Wildman–Crippen LogP) is 2.51. The Bertz CT molecular complexity index is 641. The van der Waals surface area contributed by atoms with Crippen LogP contribution >= 0.6 is 11.3 Å². The van der Waals surface area contributed by atoms with Crippen molar-refractivity contribution in [2.75, 3.05) is 11.9 Å². The minimum atomic E-state index is -1.01. The zero-order chi connectivity index (χ0) is 15.2. The highest BCUT2D eigenvalue weighted by Crippen LogP contribution is 2.18. The third-order valence-electron chi connectivity index (χ3n) is 2.96. The van der Waals surface area contributed by atoms with Gasteiger partial charge in [0.05, 0.1) is 16.8 Å². The molecule has 0 aliphatic heterocycles. The quantitative estimate of drug-likeness (QED) is 0.791. The van der Waals surface area contributed by atoms with Crippen molar-refractivity contribution in [1.82, 2.24) is 10.3 Å². The van der Waals surface area contributed by atoms with Gasteiger partial charge in [-0.2, -0.15) is 0 Å². The van der Waals surface area contributed by atoms with Crippen molar-refractivity contribution in [3.8, 4) is 0 Å². The summed E-state index contributed by atoms with van der Waals surface area (Å²) in [4.78, 5) is 26.9. The summed E-state index contributed by atoms with van der Waals surface area (Å²) >= 11 is 1.51. The molecule has 0 unspecified atom stereocenters. The maximum atomic E-state index is 11.8. The number of thiazole rings is 1. The van der Waals surface area contributed by atoms with E-state index in [2.05, 4.69) is 15.6 Å². The molecule has 0 fully saturated rings. The molecule has 6 nitrogen and oxygen atoms in total. The highest BCUT2D eigenvalue weighted by atomic mass is 32.1. The Morgan fingerprint density at radius 3 is 2.86 bits per heavy atom. The number of aromatic nitrogens is 1. The van der Waals surface area contributed by atoms with Gasteiger partial charge in [0, 0.05) is 24.0 Å². The molecule has 1 aromatic carbocycles. The van der Waals surface area contributed by atoms with Crippen molar-refractivity contribution in [3.63, 3.8) is 0 Å². The molecule has 0 saturated carbocycles. The van der Waals surface area contributed by atoms with Crippen LogP contribution in [0.2, 0.25) is 0 Å². The molecule has 110 valence electrons. The Hall–Kier alpha value is -2.41. The van der Waals surface area contributed by atoms with Crippen LogP contribution in [0.1, 0.15) is 21.6 Å². The molecular formula is C14H15N3O3S. The van der Waals surface area contributed by atoms with Crippen LogP contribution in [-0.4, -0.2) is 28.6 Å². The summed E-state index contributed by atoms with van der Waals surface area (Å²) in [6.07, 6.45) is 0.658. The highest BCUT2D eigenvalue weighted by molar-refractivity contribution is 7.07. The van der Waals surface area contributed by atoms with Gasteiger partial charge in [-0.3, -0.25) is 0 Å². The van der Waals surface area contributed by atoms with E-state index in [9.17, 15) is 9.59 Å². The fourth-order valence-corrected chi connectivity index (χ4v) is 2.43. The van der Waals surface area contributed by atoms with E-state index >= 15 is 0 Å². The number of anilines is 1. The van der Waals surface area contributed by atoms with Crippen LogP contribution in [0, 0.1) is 6.92 Å². The number of carboxylic acids is 1. The first-order valence-electron chi connectivity index (χ1n) is 6.32. The molecule has 2 amide bonds. The molecular weight excluding hydrogens is 290 g/mol. The second-order valence-electron chi connectivity index (χ2n) is 4.39. The minimum Gasteiger partial charge on any atom is -0.478 e. The van der Waals surface area contributed by atoms with E-state index < -0.39 is 5.97 Å². The predicted molar refractivity (Wildman–Crippen MR) is 81.0 cm³/mol. The van der Waals surface area contributed by atoms with Crippen molar-refractivity contribution >= 4 is 29.0 Å².